The van der Waals surface area contributed by atoms with Crippen LogP contribution in [0.5, 0.6) is 5.75 Å². The van der Waals surface area contributed by atoms with E-state index in [0.29, 0.717) is 18.0 Å². The molecule has 0 fully saturated rings. The van der Waals surface area contributed by atoms with E-state index >= 15 is 0 Å². The summed E-state index contributed by atoms with van der Waals surface area (Å²) in [5.74, 6) is 1.16. The summed E-state index contributed by atoms with van der Waals surface area (Å²) in [6.45, 7) is 11.7. The first-order valence-corrected chi connectivity index (χ1v) is 10.2. The maximum absolute atomic E-state index is 12.7. The first-order valence-electron chi connectivity index (χ1n) is 10.2. The molecule has 2 amide bonds. The molecule has 0 aliphatic carbocycles. The van der Waals surface area contributed by atoms with Gasteiger partial charge in [0.15, 0.2) is 0 Å². The summed E-state index contributed by atoms with van der Waals surface area (Å²) in [6.07, 6.45) is 1.55. The number of nitrogens with one attached hydrogen (secondary N) is 2. The van der Waals surface area contributed by atoms with Crippen LogP contribution in [0, 0.1) is 20.8 Å². The molecule has 6 heteroatoms. The molecule has 1 heterocycles. The number of aryl methyl sites for hydroxylation is 3. The molecule has 0 saturated heterocycles. The Kier molecular flexibility index (Phi) is 6.49. The monoisotopic (exact) mass is 420 g/mol. The molecule has 0 aliphatic heterocycles. The third kappa shape index (κ3) is 4.79. The van der Waals surface area contributed by atoms with E-state index in [1.165, 1.54) is 6.92 Å². The predicted octanol–water partition coefficient (Wildman–Crippen LogP) is 5.76. The molecule has 3 rings (SSSR count). The average molecular weight is 421 g/mol. The highest BCUT2D eigenvalue weighted by molar-refractivity contribution is 6.05. The second kappa shape index (κ2) is 9.08. The Morgan fingerprint density at radius 3 is 2.35 bits per heavy atom. The smallest absolute Gasteiger partial charge is 0.248 e. The summed E-state index contributed by atoms with van der Waals surface area (Å²) in [7, 11) is 0. The number of furan rings is 1. The summed E-state index contributed by atoms with van der Waals surface area (Å²) in [4.78, 5) is 23.9. The van der Waals surface area contributed by atoms with Crippen LogP contribution in [0.4, 0.5) is 11.4 Å². The van der Waals surface area contributed by atoms with Gasteiger partial charge < -0.3 is 19.8 Å². The molecule has 0 aliphatic rings. The van der Waals surface area contributed by atoms with E-state index in [0.717, 1.165) is 44.7 Å². The zero-order valence-corrected chi connectivity index (χ0v) is 18.8. The maximum Gasteiger partial charge on any atom is 0.248 e. The van der Waals surface area contributed by atoms with Gasteiger partial charge in [0.25, 0.3) is 0 Å². The van der Waals surface area contributed by atoms with E-state index < -0.39 is 0 Å². The Balaban J connectivity index is 1.95. The summed E-state index contributed by atoms with van der Waals surface area (Å²) >= 11 is 0. The molecule has 0 radical (unpaired) electrons. The number of fused-ring (bicyclic) bond motifs is 1. The highest BCUT2D eigenvalue weighted by Gasteiger charge is 2.18. The summed E-state index contributed by atoms with van der Waals surface area (Å²) in [5.41, 5.74) is 5.67. The summed E-state index contributed by atoms with van der Waals surface area (Å²) < 4.78 is 11.9. The lowest BCUT2D eigenvalue weighted by atomic mass is 9.98. The molecule has 0 atom stereocenters. The van der Waals surface area contributed by atoms with Crippen molar-refractivity contribution in [3.63, 3.8) is 0 Å². The Bertz CT molecular complexity index is 1190. The van der Waals surface area contributed by atoms with E-state index in [9.17, 15) is 9.59 Å². The van der Waals surface area contributed by atoms with Crippen LogP contribution in [0.25, 0.3) is 16.5 Å². The van der Waals surface area contributed by atoms with Crippen molar-refractivity contribution in [2.45, 2.75) is 41.5 Å². The van der Waals surface area contributed by atoms with Gasteiger partial charge in [0.1, 0.15) is 17.1 Å². The zero-order chi connectivity index (χ0) is 22.7. The number of anilines is 2. The minimum absolute atomic E-state index is 0.168. The summed E-state index contributed by atoms with van der Waals surface area (Å²) in [5, 5.41) is 6.57. The lowest BCUT2D eigenvalue weighted by Gasteiger charge is -2.14. The van der Waals surface area contributed by atoms with Crippen molar-refractivity contribution in [1.29, 1.82) is 0 Å². The number of ether oxygens (including phenoxy) is 1. The molecular formula is C25H28N2O4. The molecule has 162 valence electrons. The topological polar surface area (TPSA) is 80.6 Å². The molecule has 1 aromatic heterocycles. The van der Waals surface area contributed by atoms with Gasteiger partial charge in [-0.3, -0.25) is 9.59 Å². The van der Waals surface area contributed by atoms with Crippen LogP contribution in [0.15, 0.2) is 40.8 Å². The van der Waals surface area contributed by atoms with Crippen LogP contribution in [0.2, 0.25) is 0 Å². The van der Waals surface area contributed by atoms with E-state index in [1.807, 2.05) is 40.7 Å². The quantitative estimate of drug-likeness (QED) is 0.497. The van der Waals surface area contributed by atoms with Gasteiger partial charge in [0.2, 0.25) is 11.8 Å². The molecule has 0 unspecified atom stereocenters. The number of hydrogen-bond acceptors (Lipinski definition) is 4. The lowest BCUT2D eigenvalue weighted by Crippen LogP contribution is -2.10. The predicted molar refractivity (Wildman–Crippen MR) is 125 cm³/mol. The SMILES string of the molecule is CCOc1c(/C(C)=C/C(=O)Nc2cccc(NC(C)=O)c2)cc2c(C)c(C)oc2c1C. The number of hydrogen-bond donors (Lipinski definition) is 2. The second-order valence-electron chi connectivity index (χ2n) is 7.55. The van der Waals surface area contributed by atoms with Gasteiger partial charge in [-0.05, 0) is 70.0 Å². The van der Waals surface area contributed by atoms with Gasteiger partial charge in [-0.15, -0.1) is 0 Å². The third-order valence-electron chi connectivity index (χ3n) is 5.16. The van der Waals surface area contributed by atoms with Crippen LogP contribution >= 0.6 is 0 Å². The van der Waals surface area contributed by atoms with E-state index in [2.05, 4.69) is 10.6 Å². The van der Waals surface area contributed by atoms with Crippen molar-refractivity contribution < 1.29 is 18.7 Å². The zero-order valence-electron chi connectivity index (χ0n) is 18.8. The van der Waals surface area contributed by atoms with Crippen molar-refractivity contribution in [3.8, 4) is 5.75 Å². The largest absolute Gasteiger partial charge is 0.493 e. The van der Waals surface area contributed by atoms with Gasteiger partial charge in [-0.2, -0.15) is 0 Å². The van der Waals surface area contributed by atoms with Crippen molar-refractivity contribution in [2.75, 3.05) is 17.2 Å². The van der Waals surface area contributed by atoms with Crippen LogP contribution < -0.4 is 15.4 Å². The highest BCUT2D eigenvalue weighted by atomic mass is 16.5. The fourth-order valence-electron chi connectivity index (χ4n) is 3.57. The fraction of sp³-hybridized carbons (Fsp3) is 0.280. The number of carbonyl (C=O) groups excluding carboxylic acids is 2. The maximum atomic E-state index is 12.7. The fourth-order valence-corrected chi connectivity index (χ4v) is 3.57. The van der Waals surface area contributed by atoms with Crippen molar-refractivity contribution in [2.24, 2.45) is 0 Å². The number of amides is 2. The molecule has 3 aromatic rings. The van der Waals surface area contributed by atoms with Gasteiger partial charge in [0.05, 0.1) is 6.61 Å². The molecule has 6 nitrogen and oxygen atoms in total. The minimum Gasteiger partial charge on any atom is -0.493 e. The van der Waals surface area contributed by atoms with Gasteiger partial charge in [-0.1, -0.05) is 6.07 Å². The Morgan fingerprint density at radius 1 is 1.03 bits per heavy atom. The van der Waals surface area contributed by atoms with Gasteiger partial charge >= 0.3 is 0 Å². The first-order chi connectivity index (χ1) is 14.7. The molecule has 2 N–H and O–H groups in total. The van der Waals surface area contributed by atoms with E-state index in [4.69, 9.17) is 9.15 Å². The molecular weight excluding hydrogens is 392 g/mol. The van der Waals surface area contributed by atoms with E-state index in [1.54, 1.807) is 30.3 Å². The van der Waals surface area contributed by atoms with Gasteiger partial charge in [0, 0.05) is 40.9 Å². The van der Waals surface area contributed by atoms with Crippen LogP contribution in [-0.4, -0.2) is 18.4 Å². The molecule has 0 saturated carbocycles. The third-order valence-corrected chi connectivity index (χ3v) is 5.16. The standard InChI is InChI=1S/C25H28N2O4/c1-7-30-24-16(4)25-22(15(3)17(5)31-25)13-21(24)14(2)11-23(29)27-20-10-8-9-19(12-20)26-18(6)28/h8-13H,7H2,1-6H3,(H,26,28)(H,27,29)/b14-11+. The first kappa shape index (κ1) is 22.2. The van der Waals surface area contributed by atoms with Crippen LogP contribution in [0.1, 0.15) is 43.2 Å². The molecule has 31 heavy (non-hydrogen) atoms. The molecule has 2 aromatic carbocycles. The van der Waals surface area contributed by atoms with Crippen molar-refractivity contribution in [1.82, 2.24) is 0 Å². The highest BCUT2D eigenvalue weighted by Crippen LogP contribution is 2.38. The normalized spacial score (nSPS) is 11.5. The van der Waals surface area contributed by atoms with E-state index in [-0.39, 0.29) is 11.8 Å². The Morgan fingerprint density at radius 2 is 1.71 bits per heavy atom. The molecule has 0 bridgehead atoms. The van der Waals surface area contributed by atoms with Crippen molar-refractivity contribution >= 4 is 39.7 Å². The van der Waals surface area contributed by atoms with Crippen LogP contribution in [-0.2, 0) is 9.59 Å². The van der Waals surface area contributed by atoms with Crippen LogP contribution in [0.3, 0.4) is 0 Å². The average Bonchev–Trinajstić information content (AvgIpc) is 2.98. The lowest BCUT2D eigenvalue weighted by molar-refractivity contribution is -0.114. The minimum atomic E-state index is -0.266. The Hall–Kier alpha value is -3.54. The number of benzene rings is 2. The number of allylic oxidation sites excluding steroid dienone is 1. The number of rotatable bonds is 6. The molecule has 0 spiro atoms. The van der Waals surface area contributed by atoms with Crippen molar-refractivity contribution in [3.05, 3.63) is 58.9 Å². The second-order valence-corrected chi connectivity index (χ2v) is 7.55. The Labute approximate surface area is 182 Å². The summed E-state index contributed by atoms with van der Waals surface area (Å²) in [6, 6.07) is 9.04. The van der Waals surface area contributed by atoms with Gasteiger partial charge in [-0.25, -0.2) is 0 Å². The number of carbonyl (C=O) groups is 2.